The SMILES string of the molecule is COCCOc1ncc([N+](=O)[O-])cc1C(=N)N.O=CO. The standard InChI is InChI=1S/C9H12N4O4.CH2O2/c1-16-2-3-17-9-7(8(10)11)4-6(5-12-9)13(14)15;2-1-3/h4-5H,2-3H2,1H3,(H3,10,11);1H,(H,2,3). The van der Waals surface area contributed by atoms with Gasteiger partial charge in [-0.25, -0.2) is 4.98 Å². The van der Waals surface area contributed by atoms with Gasteiger partial charge in [-0.2, -0.15) is 0 Å². The molecule has 20 heavy (non-hydrogen) atoms. The first-order valence-corrected chi connectivity index (χ1v) is 5.16. The van der Waals surface area contributed by atoms with E-state index in [1.165, 1.54) is 7.11 Å². The van der Waals surface area contributed by atoms with Gasteiger partial charge >= 0.3 is 0 Å². The van der Waals surface area contributed by atoms with Crippen molar-refractivity contribution >= 4 is 18.0 Å². The van der Waals surface area contributed by atoms with Crippen molar-refractivity contribution in [2.24, 2.45) is 5.73 Å². The minimum Gasteiger partial charge on any atom is -0.483 e. The highest BCUT2D eigenvalue weighted by atomic mass is 16.6. The van der Waals surface area contributed by atoms with Gasteiger partial charge in [0.05, 0.1) is 17.1 Å². The zero-order chi connectivity index (χ0) is 15.5. The molecule has 0 fully saturated rings. The summed E-state index contributed by atoms with van der Waals surface area (Å²) in [5.41, 5.74) is 5.15. The van der Waals surface area contributed by atoms with Gasteiger partial charge in [0.15, 0.2) is 0 Å². The van der Waals surface area contributed by atoms with E-state index in [9.17, 15) is 10.1 Å². The number of nitrogens with one attached hydrogen (secondary N) is 1. The molecule has 110 valence electrons. The van der Waals surface area contributed by atoms with Crippen LogP contribution in [0.15, 0.2) is 12.3 Å². The van der Waals surface area contributed by atoms with Crippen LogP contribution in [0, 0.1) is 15.5 Å². The fourth-order valence-corrected chi connectivity index (χ4v) is 1.07. The molecule has 1 aromatic heterocycles. The van der Waals surface area contributed by atoms with Crippen molar-refractivity contribution in [1.82, 2.24) is 4.98 Å². The second-order valence-corrected chi connectivity index (χ2v) is 3.16. The summed E-state index contributed by atoms with van der Waals surface area (Å²) in [6.07, 6.45) is 1.05. The van der Waals surface area contributed by atoms with E-state index in [4.69, 9.17) is 30.5 Å². The Morgan fingerprint density at radius 2 is 2.25 bits per heavy atom. The van der Waals surface area contributed by atoms with Crippen molar-refractivity contribution in [3.63, 3.8) is 0 Å². The number of nitrogen functional groups attached to an aromatic ring is 1. The van der Waals surface area contributed by atoms with E-state index in [1.54, 1.807) is 0 Å². The number of carboxylic acid groups (broad SMARTS) is 1. The maximum absolute atomic E-state index is 10.5. The first-order chi connectivity index (χ1) is 9.47. The van der Waals surface area contributed by atoms with Crippen molar-refractivity contribution in [1.29, 1.82) is 5.41 Å². The minimum atomic E-state index is -0.613. The molecule has 0 aromatic carbocycles. The van der Waals surface area contributed by atoms with Gasteiger partial charge < -0.3 is 20.3 Å². The lowest BCUT2D eigenvalue weighted by molar-refractivity contribution is -0.385. The molecule has 0 amide bonds. The van der Waals surface area contributed by atoms with Gasteiger partial charge in [-0.05, 0) is 0 Å². The lowest BCUT2D eigenvalue weighted by Gasteiger charge is -2.08. The quantitative estimate of drug-likeness (QED) is 0.164. The fraction of sp³-hybridized carbons (Fsp3) is 0.300. The maximum atomic E-state index is 10.5. The number of rotatable bonds is 6. The average Bonchev–Trinajstić information content (AvgIpc) is 2.39. The zero-order valence-electron chi connectivity index (χ0n) is 10.6. The van der Waals surface area contributed by atoms with Gasteiger partial charge in [0.1, 0.15) is 18.6 Å². The summed E-state index contributed by atoms with van der Waals surface area (Å²) in [6.45, 7) is 0.317. The third-order valence-electron chi connectivity index (χ3n) is 1.86. The Morgan fingerprint density at radius 3 is 2.70 bits per heavy atom. The molecule has 1 rings (SSSR count). The van der Waals surface area contributed by atoms with Crippen LogP contribution in [0.2, 0.25) is 0 Å². The molecule has 4 N–H and O–H groups in total. The number of nitrogens with zero attached hydrogens (tertiary/aromatic N) is 2. The van der Waals surface area contributed by atoms with Crippen molar-refractivity contribution in [3.05, 3.63) is 27.9 Å². The van der Waals surface area contributed by atoms with Crippen molar-refractivity contribution < 1.29 is 24.3 Å². The molecule has 0 bridgehead atoms. The molecule has 0 unspecified atom stereocenters. The summed E-state index contributed by atoms with van der Waals surface area (Å²) >= 11 is 0. The number of hydrogen-bond acceptors (Lipinski definition) is 7. The van der Waals surface area contributed by atoms with Gasteiger partial charge in [-0.15, -0.1) is 0 Å². The Bertz CT molecular complexity index is 479. The second kappa shape index (κ2) is 9.22. The molecule has 0 radical (unpaired) electrons. The Hall–Kier alpha value is -2.75. The van der Waals surface area contributed by atoms with E-state index >= 15 is 0 Å². The number of nitro groups is 1. The van der Waals surface area contributed by atoms with Crippen LogP contribution in [0.25, 0.3) is 0 Å². The normalized spacial score (nSPS) is 9.05. The second-order valence-electron chi connectivity index (χ2n) is 3.16. The number of methoxy groups -OCH3 is 1. The number of pyridine rings is 1. The number of aromatic nitrogens is 1. The predicted octanol–water partition coefficient (Wildman–Crippen LogP) is -0.000130. The van der Waals surface area contributed by atoms with Crippen LogP contribution in [0.4, 0.5) is 5.69 Å². The molecule has 10 nitrogen and oxygen atoms in total. The maximum Gasteiger partial charge on any atom is 0.290 e. The third-order valence-corrected chi connectivity index (χ3v) is 1.86. The summed E-state index contributed by atoms with van der Waals surface area (Å²) < 4.78 is 9.97. The molecule has 0 aliphatic rings. The lowest BCUT2D eigenvalue weighted by Crippen LogP contribution is -2.16. The number of nitrogens with two attached hydrogens (primary N) is 1. The zero-order valence-corrected chi connectivity index (χ0v) is 10.6. The van der Waals surface area contributed by atoms with Gasteiger partial charge in [0, 0.05) is 13.2 Å². The number of hydrogen-bond donors (Lipinski definition) is 3. The molecular formula is C10H14N4O6. The summed E-state index contributed by atoms with van der Waals surface area (Å²) in [5.74, 6) is -0.256. The highest BCUT2D eigenvalue weighted by Crippen LogP contribution is 2.20. The van der Waals surface area contributed by atoms with E-state index in [0.29, 0.717) is 6.61 Å². The van der Waals surface area contributed by atoms with E-state index in [1.807, 2.05) is 0 Å². The monoisotopic (exact) mass is 286 g/mol. The molecule has 0 saturated carbocycles. The minimum absolute atomic E-state index is 0.0835. The lowest BCUT2D eigenvalue weighted by atomic mass is 10.2. The molecule has 0 aliphatic carbocycles. The van der Waals surface area contributed by atoms with Crippen LogP contribution in [0.5, 0.6) is 5.88 Å². The molecule has 1 aromatic rings. The smallest absolute Gasteiger partial charge is 0.290 e. The molecule has 0 saturated heterocycles. The van der Waals surface area contributed by atoms with E-state index in [-0.39, 0.29) is 36.0 Å². The van der Waals surface area contributed by atoms with Crippen LogP contribution < -0.4 is 10.5 Å². The highest BCUT2D eigenvalue weighted by Gasteiger charge is 2.15. The van der Waals surface area contributed by atoms with Crippen molar-refractivity contribution in [2.45, 2.75) is 0 Å². The van der Waals surface area contributed by atoms with Crippen LogP contribution in [-0.2, 0) is 9.53 Å². The molecule has 0 atom stereocenters. The van der Waals surface area contributed by atoms with Crippen LogP contribution in [0.1, 0.15) is 5.56 Å². The summed E-state index contributed by atoms with van der Waals surface area (Å²) in [5, 5.41) is 24.7. The first kappa shape index (κ1) is 17.2. The molecule has 0 spiro atoms. The average molecular weight is 286 g/mol. The molecule has 1 heterocycles. The van der Waals surface area contributed by atoms with Gasteiger partial charge in [-0.1, -0.05) is 0 Å². The van der Waals surface area contributed by atoms with Crippen molar-refractivity contribution in [3.8, 4) is 5.88 Å². The number of ether oxygens (including phenoxy) is 2. The van der Waals surface area contributed by atoms with Crippen LogP contribution in [0.3, 0.4) is 0 Å². The summed E-state index contributed by atoms with van der Waals surface area (Å²) in [6, 6.07) is 1.15. The largest absolute Gasteiger partial charge is 0.483 e. The molecular weight excluding hydrogens is 272 g/mol. The Labute approximate surface area is 113 Å². The Balaban J connectivity index is 0.00000110. The Kier molecular flexibility index (Phi) is 7.95. The molecule has 0 aliphatic heterocycles. The van der Waals surface area contributed by atoms with Crippen LogP contribution >= 0.6 is 0 Å². The van der Waals surface area contributed by atoms with Crippen LogP contribution in [-0.4, -0.2) is 47.6 Å². The number of carbonyl (C=O) groups is 1. The third kappa shape index (κ3) is 5.73. The molecule has 10 heteroatoms. The van der Waals surface area contributed by atoms with Gasteiger partial charge in [0.25, 0.3) is 12.2 Å². The summed E-state index contributed by atoms with van der Waals surface area (Å²) in [4.78, 5) is 22.0. The van der Waals surface area contributed by atoms with Gasteiger partial charge in [0.2, 0.25) is 5.88 Å². The predicted molar refractivity (Wildman–Crippen MR) is 68.0 cm³/mol. The van der Waals surface area contributed by atoms with Crippen molar-refractivity contribution in [2.75, 3.05) is 20.3 Å². The van der Waals surface area contributed by atoms with Gasteiger partial charge in [-0.3, -0.25) is 20.3 Å². The van der Waals surface area contributed by atoms with E-state index in [2.05, 4.69) is 4.98 Å². The summed E-state index contributed by atoms with van der Waals surface area (Å²) in [7, 11) is 1.51. The van der Waals surface area contributed by atoms with E-state index < -0.39 is 4.92 Å². The topological polar surface area (TPSA) is 162 Å². The fourth-order valence-electron chi connectivity index (χ4n) is 1.07. The highest BCUT2D eigenvalue weighted by molar-refractivity contribution is 5.97. The Morgan fingerprint density at radius 1 is 1.65 bits per heavy atom. The first-order valence-electron chi connectivity index (χ1n) is 5.16. The van der Waals surface area contributed by atoms with E-state index in [0.717, 1.165) is 12.3 Å². The number of amidine groups is 1.